The van der Waals surface area contributed by atoms with Crippen molar-refractivity contribution in [3.8, 4) is 0 Å². The van der Waals surface area contributed by atoms with Gasteiger partial charge < -0.3 is 9.84 Å². The lowest BCUT2D eigenvalue weighted by Crippen LogP contribution is -2.13. The third-order valence-corrected chi connectivity index (χ3v) is 2.52. The molecule has 1 heterocycles. The van der Waals surface area contributed by atoms with Crippen molar-refractivity contribution >= 4 is 0 Å². The van der Waals surface area contributed by atoms with Gasteiger partial charge >= 0.3 is 0 Å². The summed E-state index contributed by atoms with van der Waals surface area (Å²) in [7, 11) is 0. The molecule has 1 N–H and O–H groups in total. The average molecular weight is 178 g/mol. The number of aliphatic hydroxyl groups is 1. The summed E-state index contributed by atoms with van der Waals surface area (Å²) in [6.07, 6.45) is 0.576. The van der Waals surface area contributed by atoms with Crippen LogP contribution in [0.5, 0.6) is 0 Å². The molecule has 0 aromatic heterocycles. The Morgan fingerprint density at radius 2 is 2.31 bits per heavy atom. The maximum atomic E-state index is 9.52. The first-order chi connectivity index (χ1) is 6.29. The molecule has 1 aliphatic heterocycles. The summed E-state index contributed by atoms with van der Waals surface area (Å²) in [5.74, 6) is 0. The minimum atomic E-state index is -0.392. The van der Waals surface area contributed by atoms with Gasteiger partial charge in [0.15, 0.2) is 0 Å². The number of ether oxygens (including phenoxy) is 1. The van der Waals surface area contributed by atoms with E-state index < -0.39 is 6.10 Å². The van der Waals surface area contributed by atoms with Crippen molar-refractivity contribution in [1.82, 2.24) is 0 Å². The summed E-state index contributed by atoms with van der Waals surface area (Å²) < 4.78 is 5.38. The summed E-state index contributed by atoms with van der Waals surface area (Å²) in [5, 5.41) is 9.52. The summed E-state index contributed by atoms with van der Waals surface area (Å²) in [6.45, 7) is 3.25. The molecule has 0 radical (unpaired) electrons. The Kier molecular flexibility index (Phi) is 2.34. The van der Waals surface area contributed by atoms with E-state index in [4.69, 9.17) is 4.74 Å². The van der Waals surface area contributed by atoms with Gasteiger partial charge in [0.1, 0.15) is 0 Å². The van der Waals surface area contributed by atoms with E-state index in [0.29, 0.717) is 6.61 Å². The Morgan fingerprint density at radius 1 is 1.46 bits per heavy atom. The van der Waals surface area contributed by atoms with Gasteiger partial charge in [-0.1, -0.05) is 18.2 Å². The molecule has 1 aromatic carbocycles. The molecule has 0 fully saturated rings. The van der Waals surface area contributed by atoms with Crippen LogP contribution in [0.1, 0.15) is 29.7 Å². The van der Waals surface area contributed by atoms with Gasteiger partial charge in [0.2, 0.25) is 0 Å². The lowest BCUT2D eigenvalue weighted by molar-refractivity contribution is 0.106. The van der Waals surface area contributed by atoms with E-state index in [1.165, 1.54) is 11.1 Å². The average Bonchev–Trinajstić information content (AvgIpc) is 2.17. The normalized spacial score (nSPS) is 18.0. The van der Waals surface area contributed by atoms with Crippen LogP contribution in [0.2, 0.25) is 0 Å². The highest BCUT2D eigenvalue weighted by Crippen LogP contribution is 2.25. The minimum absolute atomic E-state index is 0.392. The Bertz CT molecular complexity index is 305. The molecule has 13 heavy (non-hydrogen) atoms. The van der Waals surface area contributed by atoms with Crippen molar-refractivity contribution in [2.24, 2.45) is 0 Å². The Balaban J connectivity index is 2.46. The lowest BCUT2D eigenvalue weighted by Gasteiger charge is -2.20. The standard InChI is InChI=1S/C11H14O2/c1-8(12)10-4-2-3-9-5-6-13-7-11(9)10/h2-4,8,12H,5-7H2,1H3. The molecular formula is C11H14O2. The highest BCUT2D eigenvalue weighted by molar-refractivity contribution is 5.37. The summed E-state index contributed by atoms with van der Waals surface area (Å²) in [4.78, 5) is 0. The van der Waals surface area contributed by atoms with Crippen LogP contribution in [-0.4, -0.2) is 11.7 Å². The van der Waals surface area contributed by atoms with Gasteiger partial charge in [-0.05, 0) is 30.0 Å². The zero-order valence-corrected chi connectivity index (χ0v) is 7.79. The molecule has 1 aliphatic rings. The first kappa shape index (κ1) is 8.73. The predicted octanol–water partition coefficient (Wildman–Crippen LogP) is 1.81. The van der Waals surface area contributed by atoms with Crippen molar-refractivity contribution in [2.45, 2.75) is 26.1 Å². The molecule has 0 aliphatic carbocycles. The molecule has 1 aromatic rings. The molecule has 1 unspecified atom stereocenters. The minimum Gasteiger partial charge on any atom is -0.389 e. The fourth-order valence-corrected chi connectivity index (χ4v) is 1.81. The van der Waals surface area contributed by atoms with Crippen LogP contribution >= 0.6 is 0 Å². The molecule has 70 valence electrons. The molecule has 2 rings (SSSR count). The fraction of sp³-hybridized carbons (Fsp3) is 0.455. The van der Waals surface area contributed by atoms with Crippen LogP contribution in [0.15, 0.2) is 18.2 Å². The highest BCUT2D eigenvalue weighted by Gasteiger charge is 2.15. The Hall–Kier alpha value is -0.860. The molecule has 0 amide bonds. The topological polar surface area (TPSA) is 29.5 Å². The fourth-order valence-electron chi connectivity index (χ4n) is 1.81. The third-order valence-electron chi connectivity index (χ3n) is 2.52. The zero-order chi connectivity index (χ0) is 9.26. The van der Waals surface area contributed by atoms with E-state index in [1.54, 1.807) is 6.92 Å². The van der Waals surface area contributed by atoms with Crippen molar-refractivity contribution in [3.05, 3.63) is 34.9 Å². The summed E-state index contributed by atoms with van der Waals surface area (Å²) in [5.41, 5.74) is 3.52. The van der Waals surface area contributed by atoms with Gasteiger partial charge in [-0.3, -0.25) is 0 Å². The van der Waals surface area contributed by atoms with Gasteiger partial charge in [-0.15, -0.1) is 0 Å². The van der Waals surface area contributed by atoms with E-state index in [2.05, 4.69) is 6.07 Å². The number of rotatable bonds is 1. The zero-order valence-electron chi connectivity index (χ0n) is 7.79. The molecule has 2 nitrogen and oxygen atoms in total. The van der Waals surface area contributed by atoms with Crippen molar-refractivity contribution in [1.29, 1.82) is 0 Å². The van der Waals surface area contributed by atoms with Crippen LogP contribution in [-0.2, 0) is 17.8 Å². The maximum Gasteiger partial charge on any atom is 0.0765 e. The van der Waals surface area contributed by atoms with E-state index in [9.17, 15) is 5.11 Å². The first-order valence-electron chi connectivity index (χ1n) is 4.65. The number of fused-ring (bicyclic) bond motifs is 1. The maximum absolute atomic E-state index is 9.52. The Labute approximate surface area is 78.2 Å². The lowest BCUT2D eigenvalue weighted by atomic mass is 9.95. The number of hydrogen-bond donors (Lipinski definition) is 1. The monoisotopic (exact) mass is 178 g/mol. The molecule has 1 atom stereocenters. The molecule has 0 saturated heterocycles. The van der Waals surface area contributed by atoms with Crippen LogP contribution in [0.4, 0.5) is 0 Å². The van der Waals surface area contributed by atoms with E-state index in [-0.39, 0.29) is 0 Å². The number of benzene rings is 1. The van der Waals surface area contributed by atoms with Gasteiger partial charge in [-0.25, -0.2) is 0 Å². The Morgan fingerprint density at radius 3 is 3.08 bits per heavy atom. The second-order valence-electron chi connectivity index (χ2n) is 3.46. The number of hydrogen-bond acceptors (Lipinski definition) is 2. The molecule has 2 heteroatoms. The third kappa shape index (κ3) is 1.60. The van der Waals surface area contributed by atoms with Gasteiger partial charge in [0, 0.05) is 0 Å². The second kappa shape index (κ2) is 3.48. The highest BCUT2D eigenvalue weighted by atomic mass is 16.5. The van der Waals surface area contributed by atoms with Crippen LogP contribution in [0, 0.1) is 0 Å². The molecular weight excluding hydrogens is 164 g/mol. The van der Waals surface area contributed by atoms with E-state index in [1.807, 2.05) is 12.1 Å². The van der Waals surface area contributed by atoms with Crippen molar-refractivity contribution in [2.75, 3.05) is 6.61 Å². The largest absolute Gasteiger partial charge is 0.389 e. The van der Waals surface area contributed by atoms with Crippen LogP contribution in [0.3, 0.4) is 0 Å². The second-order valence-corrected chi connectivity index (χ2v) is 3.46. The van der Waals surface area contributed by atoms with E-state index >= 15 is 0 Å². The van der Waals surface area contributed by atoms with Crippen molar-refractivity contribution < 1.29 is 9.84 Å². The molecule has 0 spiro atoms. The first-order valence-corrected chi connectivity index (χ1v) is 4.65. The van der Waals surface area contributed by atoms with E-state index in [0.717, 1.165) is 18.6 Å². The molecule has 0 saturated carbocycles. The predicted molar refractivity (Wildman–Crippen MR) is 50.4 cm³/mol. The quantitative estimate of drug-likeness (QED) is 0.710. The molecule has 0 bridgehead atoms. The smallest absolute Gasteiger partial charge is 0.0765 e. The number of aliphatic hydroxyl groups excluding tert-OH is 1. The van der Waals surface area contributed by atoms with Crippen LogP contribution in [0.25, 0.3) is 0 Å². The van der Waals surface area contributed by atoms with Gasteiger partial charge in [-0.2, -0.15) is 0 Å². The summed E-state index contributed by atoms with van der Waals surface area (Å²) in [6, 6.07) is 6.09. The van der Waals surface area contributed by atoms with Crippen LogP contribution < -0.4 is 0 Å². The van der Waals surface area contributed by atoms with Crippen molar-refractivity contribution in [3.63, 3.8) is 0 Å². The SMILES string of the molecule is CC(O)c1cccc2c1COCC2. The summed E-state index contributed by atoms with van der Waals surface area (Å²) >= 11 is 0. The van der Waals surface area contributed by atoms with Gasteiger partial charge in [0.05, 0.1) is 19.3 Å². The van der Waals surface area contributed by atoms with Gasteiger partial charge in [0.25, 0.3) is 0 Å².